The molecule has 2 saturated heterocycles. The van der Waals surface area contributed by atoms with E-state index in [9.17, 15) is 22.4 Å². The average Bonchev–Trinajstić information content (AvgIpc) is 3.22. The molecule has 0 spiro atoms. The summed E-state index contributed by atoms with van der Waals surface area (Å²) in [5, 5.41) is 0. The maximum atomic E-state index is 13.8. The molecule has 166 valence electrons. The monoisotopic (exact) mass is 434 g/mol. The second-order valence-corrected chi connectivity index (χ2v) is 8.58. The summed E-state index contributed by atoms with van der Waals surface area (Å²) in [6, 6.07) is 13.0. The average molecular weight is 434 g/mol. The topological polar surface area (TPSA) is 23.6 Å². The molecule has 2 aliphatic rings. The van der Waals surface area contributed by atoms with E-state index in [2.05, 4.69) is 29.2 Å². The summed E-state index contributed by atoms with van der Waals surface area (Å²) in [6.07, 6.45) is -1.68. The van der Waals surface area contributed by atoms with Crippen molar-refractivity contribution in [3.63, 3.8) is 0 Å². The minimum Gasteiger partial charge on any atom is -0.338 e. The zero-order valence-electron chi connectivity index (χ0n) is 17.2. The van der Waals surface area contributed by atoms with Crippen molar-refractivity contribution in [3.8, 4) is 0 Å². The van der Waals surface area contributed by atoms with Crippen LogP contribution in [0.25, 0.3) is 0 Å². The number of nitrogens with zero attached hydrogens (tertiary/aromatic N) is 2. The van der Waals surface area contributed by atoms with E-state index in [-0.39, 0.29) is 5.56 Å². The molecule has 1 amide bonds. The van der Waals surface area contributed by atoms with Gasteiger partial charge in [0.05, 0.1) is 5.56 Å². The summed E-state index contributed by atoms with van der Waals surface area (Å²) in [7, 11) is 0. The quantitative estimate of drug-likeness (QED) is 0.619. The molecule has 31 heavy (non-hydrogen) atoms. The van der Waals surface area contributed by atoms with Gasteiger partial charge in [-0.2, -0.15) is 13.2 Å². The Hall–Kier alpha value is -2.41. The number of hydrogen-bond acceptors (Lipinski definition) is 2. The van der Waals surface area contributed by atoms with Crippen LogP contribution in [0.15, 0.2) is 48.5 Å². The van der Waals surface area contributed by atoms with Gasteiger partial charge in [0.2, 0.25) is 0 Å². The first-order valence-corrected chi connectivity index (χ1v) is 10.7. The highest BCUT2D eigenvalue weighted by molar-refractivity contribution is 5.94. The SMILES string of the molecule is O=C(c1ccc(C(F)(F)F)c(F)c1)N1CCC(CN2CCC(c3ccccc3)CC2)C1. The molecule has 2 aliphatic heterocycles. The minimum atomic E-state index is -4.77. The lowest BCUT2D eigenvalue weighted by molar-refractivity contribution is -0.140. The maximum Gasteiger partial charge on any atom is 0.419 e. The fraction of sp³-hybridized carbons (Fsp3) is 0.458. The molecule has 4 rings (SSSR count). The van der Waals surface area contributed by atoms with E-state index < -0.39 is 23.5 Å². The molecule has 1 atom stereocenters. The summed E-state index contributed by atoms with van der Waals surface area (Å²) in [5.74, 6) is -0.890. The van der Waals surface area contributed by atoms with Gasteiger partial charge < -0.3 is 9.80 Å². The van der Waals surface area contributed by atoms with Crippen LogP contribution in [0.1, 0.15) is 46.7 Å². The Bertz CT molecular complexity index is 908. The maximum absolute atomic E-state index is 13.8. The molecule has 0 bridgehead atoms. The Balaban J connectivity index is 1.29. The van der Waals surface area contributed by atoms with Crippen LogP contribution in [0, 0.1) is 11.7 Å². The Morgan fingerprint density at radius 1 is 0.968 bits per heavy atom. The lowest BCUT2D eigenvalue weighted by atomic mass is 9.89. The van der Waals surface area contributed by atoms with Crippen LogP contribution in [-0.2, 0) is 6.18 Å². The van der Waals surface area contributed by atoms with E-state index in [4.69, 9.17) is 0 Å². The van der Waals surface area contributed by atoms with Crippen molar-refractivity contribution in [2.24, 2.45) is 5.92 Å². The van der Waals surface area contributed by atoms with Crippen LogP contribution < -0.4 is 0 Å². The number of hydrogen-bond donors (Lipinski definition) is 0. The summed E-state index contributed by atoms with van der Waals surface area (Å²) in [6.45, 7) is 4.06. The van der Waals surface area contributed by atoms with Crippen molar-refractivity contribution >= 4 is 5.91 Å². The standard InChI is InChI=1S/C24H26F4N2O/c25-22-14-20(6-7-21(22)24(26,27)28)23(31)30-13-8-17(16-30)15-29-11-9-19(10-12-29)18-4-2-1-3-5-18/h1-7,14,17,19H,8-13,15-16H2. The van der Waals surface area contributed by atoms with E-state index in [0.29, 0.717) is 37.1 Å². The third-order valence-corrected chi connectivity index (χ3v) is 6.47. The van der Waals surface area contributed by atoms with Gasteiger partial charge in [-0.3, -0.25) is 4.79 Å². The van der Waals surface area contributed by atoms with Crippen LogP contribution in [0.4, 0.5) is 17.6 Å². The van der Waals surface area contributed by atoms with Gasteiger partial charge in [-0.15, -0.1) is 0 Å². The van der Waals surface area contributed by atoms with Crippen LogP contribution in [0.2, 0.25) is 0 Å². The zero-order valence-corrected chi connectivity index (χ0v) is 17.2. The fourth-order valence-corrected chi connectivity index (χ4v) is 4.77. The first-order chi connectivity index (χ1) is 14.8. The van der Waals surface area contributed by atoms with Crippen molar-refractivity contribution in [1.29, 1.82) is 0 Å². The number of rotatable bonds is 4. The minimum absolute atomic E-state index is 0.0326. The van der Waals surface area contributed by atoms with Gasteiger partial charge in [0.1, 0.15) is 5.82 Å². The zero-order chi connectivity index (χ0) is 22.0. The highest BCUT2D eigenvalue weighted by Crippen LogP contribution is 2.32. The van der Waals surface area contributed by atoms with E-state index >= 15 is 0 Å². The van der Waals surface area contributed by atoms with E-state index in [1.165, 1.54) is 5.56 Å². The number of carbonyl (C=O) groups is 1. The molecule has 0 aromatic heterocycles. The lowest BCUT2D eigenvalue weighted by Crippen LogP contribution is -2.37. The summed E-state index contributed by atoms with van der Waals surface area (Å²) >= 11 is 0. The summed E-state index contributed by atoms with van der Waals surface area (Å²) < 4.78 is 52.0. The lowest BCUT2D eigenvalue weighted by Gasteiger charge is -2.33. The number of carbonyl (C=O) groups excluding carboxylic acids is 1. The predicted octanol–water partition coefficient (Wildman–Crippen LogP) is 5.19. The Morgan fingerprint density at radius 3 is 2.32 bits per heavy atom. The molecule has 0 aliphatic carbocycles. The van der Waals surface area contributed by atoms with Crippen LogP contribution in [0.5, 0.6) is 0 Å². The van der Waals surface area contributed by atoms with Gasteiger partial charge in [-0.05, 0) is 68.0 Å². The molecular formula is C24H26F4N2O. The molecule has 1 unspecified atom stereocenters. The molecule has 0 N–H and O–H groups in total. The second kappa shape index (κ2) is 8.99. The molecule has 2 heterocycles. The third-order valence-electron chi connectivity index (χ3n) is 6.47. The first-order valence-electron chi connectivity index (χ1n) is 10.7. The van der Waals surface area contributed by atoms with Crippen LogP contribution >= 0.6 is 0 Å². The molecule has 2 fully saturated rings. The van der Waals surface area contributed by atoms with Gasteiger partial charge in [-0.25, -0.2) is 4.39 Å². The predicted molar refractivity (Wildman–Crippen MR) is 110 cm³/mol. The molecule has 7 heteroatoms. The molecule has 2 aromatic carbocycles. The Labute approximate surface area is 179 Å². The van der Waals surface area contributed by atoms with Crippen molar-refractivity contribution in [3.05, 3.63) is 71.0 Å². The van der Waals surface area contributed by atoms with E-state index in [0.717, 1.165) is 45.0 Å². The van der Waals surface area contributed by atoms with Crippen molar-refractivity contribution in [1.82, 2.24) is 9.80 Å². The highest BCUT2D eigenvalue weighted by Gasteiger charge is 2.35. The molecule has 0 radical (unpaired) electrons. The smallest absolute Gasteiger partial charge is 0.338 e. The van der Waals surface area contributed by atoms with Gasteiger partial charge in [-0.1, -0.05) is 30.3 Å². The normalized spacial score (nSPS) is 20.9. The van der Waals surface area contributed by atoms with Gasteiger partial charge in [0.15, 0.2) is 0 Å². The summed E-state index contributed by atoms with van der Waals surface area (Å²) in [4.78, 5) is 16.7. The Kier molecular flexibility index (Phi) is 6.32. The van der Waals surface area contributed by atoms with Gasteiger partial charge in [0, 0.05) is 25.2 Å². The number of halogens is 4. The third kappa shape index (κ3) is 5.09. The molecule has 0 saturated carbocycles. The molecule has 2 aromatic rings. The molecule has 3 nitrogen and oxygen atoms in total. The van der Waals surface area contributed by atoms with Crippen molar-refractivity contribution in [2.45, 2.75) is 31.4 Å². The number of likely N-dealkylation sites (tertiary alicyclic amines) is 2. The van der Waals surface area contributed by atoms with E-state index in [1.54, 1.807) is 4.90 Å². The van der Waals surface area contributed by atoms with Crippen LogP contribution in [-0.4, -0.2) is 48.4 Å². The summed E-state index contributed by atoms with van der Waals surface area (Å²) in [5.41, 5.74) is 0.0145. The number of piperidine rings is 1. The largest absolute Gasteiger partial charge is 0.419 e. The highest BCUT2D eigenvalue weighted by atomic mass is 19.4. The van der Waals surface area contributed by atoms with Gasteiger partial charge >= 0.3 is 6.18 Å². The number of amides is 1. The fourth-order valence-electron chi connectivity index (χ4n) is 4.77. The number of alkyl halides is 3. The van der Waals surface area contributed by atoms with Gasteiger partial charge in [0.25, 0.3) is 5.91 Å². The second-order valence-electron chi connectivity index (χ2n) is 8.58. The van der Waals surface area contributed by atoms with Crippen molar-refractivity contribution in [2.75, 3.05) is 32.7 Å². The molecular weight excluding hydrogens is 408 g/mol. The first kappa shape index (κ1) is 21.8. The van der Waals surface area contributed by atoms with Crippen molar-refractivity contribution < 1.29 is 22.4 Å². The number of benzene rings is 2. The van der Waals surface area contributed by atoms with E-state index in [1.807, 2.05) is 6.07 Å². The van der Waals surface area contributed by atoms with Crippen LogP contribution in [0.3, 0.4) is 0 Å². The Morgan fingerprint density at radius 2 is 1.68 bits per heavy atom.